The molecule has 2 aromatic carbocycles. The smallest absolute Gasteiger partial charge is 0.323 e. The van der Waals surface area contributed by atoms with E-state index >= 15 is 0 Å². The number of nitrogen functional groups attached to an aromatic ring is 1. The second-order valence-electron chi connectivity index (χ2n) is 6.58. The van der Waals surface area contributed by atoms with Crippen molar-refractivity contribution in [2.75, 3.05) is 22.6 Å². The third kappa shape index (κ3) is 4.10. The number of nitrogens with two attached hydrogens (primary N) is 1. The highest BCUT2D eigenvalue weighted by atomic mass is 32.2. The maximum Gasteiger partial charge on any atom is 0.323 e. The lowest BCUT2D eigenvalue weighted by molar-refractivity contribution is 0.262. The van der Waals surface area contributed by atoms with E-state index in [0.29, 0.717) is 11.5 Å². The lowest BCUT2D eigenvalue weighted by atomic mass is 10.0. The zero-order valence-corrected chi connectivity index (χ0v) is 18.2. The number of fused-ring (bicyclic) bond motifs is 1. The van der Waals surface area contributed by atoms with Crippen LogP contribution in [0.1, 0.15) is 11.8 Å². The molecule has 0 unspecified atom stereocenters. The minimum absolute atomic E-state index is 0.285. The number of rotatable bonds is 5. The number of thioether (sulfide) groups is 1. The molecule has 0 spiro atoms. The number of carbonyl (C=O) groups is 1. The van der Waals surface area contributed by atoms with E-state index in [-0.39, 0.29) is 6.03 Å². The summed E-state index contributed by atoms with van der Waals surface area (Å²) in [4.78, 5) is 24.1. The second kappa shape index (κ2) is 8.73. The van der Waals surface area contributed by atoms with E-state index in [1.807, 2.05) is 54.8 Å². The molecule has 4 rings (SSSR count). The van der Waals surface area contributed by atoms with Crippen LogP contribution >= 0.6 is 23.1 Å². The van der Waals surface area contributed by atoms with Gasteiger partial charge in [-0.25, -0.2) is 14.8 Å². The fraction of sp³-hybridized carbons (Fsp3) is 0.136. The highest BCUT2D eigenvalue weighted by Crippen LogP contribution is 2.40. The fourth-order valence-electron chi connectivity index (χ4n) is 3.24. The maximum atomic E-state index is 12.3. The van der Waals surface area contributed by atoms with E-state index < -0.39 is 0 Å². The van der Waals surface area contributed by atoms with Gasteiger partial charge in [-0.05, 0) is 54.6 Å². The molecule has 0 fully saturated rings. The average Bonchev–Trinajstić information content (AvgIpc) is 3.15. The monoisotopic (exact) mass is 435 g/mol. The quantitative estimate of drug-likeness (QED) is 0.341. The van der Waals surface area contributed by atoms with Crippen molar-refractivity contribution >= 4 is 56.5 Å². The van der Waals surface area contributed by atoms with Crippen LogP contribution in [0.5, 0.6) is 0 Å². The largest absolute Gasteiger partial charge is 0.383 e. The second-order valence-corrected chi connectivity index (χ2v) is 8.54. The summed E-state index contributed by atoms with van der Waals surface area (Å²) in [7, 11) is 0. The number of thiophene rings is 1. The van der Waals surface area contributed by atoms with Crippen molar-refractivity contribution in [2.24, 2.45) is 0 Å². The Hall–Kier alpha value is -3.10. The molecule has 8 heteroatoms. The first-order valence-corrected chi connectivity index (χ1v) is 11.5. The van der Waals surface area contributed by atoms with Crippen LogP contribution in [-0.4, -0.2) is 22.3 Å². The molecule has 30 heavy (non-hydrogen) atoms. The Balaban J connectivity index is 1.53. The fourth-order valence-corrected chi connectivity index (χ4v) is 4.76. The Morgan fingerprint density at radius 1 is 1.03 bits per heavy atom. The predicted octanol–water partition coefficient (Wildman–Crippen LogP) is 5.87. The van der Waals surface area contributed by atoms with E-state index in [0.717, 1.165) is 38.3 Å². The van der Waals surface area contributed by atoms with E-state index in [9.17, 15) is 4.79 Å². The number of carbonyl (C=O) groups excluding carboxylic acids is 1. The van der Waals surface area contributed by atoms with Crippen LogP contribution in [0, 0.1) is 0 Å². The molecule has 0 saturated carbocycles. The summed E-state index contributed by atoms with van der Waals surface area (Å²) >= 11 is 3.30. The van der Waals surface area contributed by atoms with Crippen LogP contribution in [0.3, 0.4) is 0 Å². The summed E-state index contributed by atoms with van der Waals surface area (Å²) in [6, 6.07) is 15.2. The van der Waals surface area contributed by atoms with Crippen molar-refractivity contribution < 1.29 is 4.79 Å². The number of nitrogens with one attached hydrogen (secondary N) is 2. The Morgan fingerprint density at radius 2 is 1.67 bits per heavy atom. The molecule has 6 nitrogen and oxygen atoms in total. The number of benzene rings is 2. The minimum Gasteiger partial charge on any atom is -0.383 e. The number of aryl methyl sites for hydroxylation is 1. The van der Waals surface area contributed by atoms with Crippen LogP contribution < -0.4 is 16.4 Å². The third-order valence-electron chi connectivity index (χ3n) is 4.69. The molecule has 0 aliphatic heterocycles. The van der Waals surface area contributed by atoms with E-state index in [1.165, 1.54) is 11.2 Å². The van der Waals surface area contributed by atoms with Gasteiger partial charge in [-0.1, -0.05) is 19.1 Å². The van der Waals surface area contributed by atoms with Gasteiger partial charge in [-0.15, -0.1) is 23.1 Å². The van der Waals surface area contributed by atoms with Gasteiger partial charge in [0.25, 0.3) is 0 Å². The molecule has 4 aromatic rings. The summed E-state index contributed by atoms with van der Waals surface area (Å²) < 4.78 is 0. The number of hydrogen-bond donors (Lipinski definition) is 3. The predicted molar refractivity (Wildman–Crippen MR) is 128 cm³/mol. The standard InChI is InChI=1S/C22H21N5OS2/c1-3-17-18(19-20(23)24-12-25-21(19)30-17)13-4-6-14(7-5-13)26-22(28)27-15-8-10-16(29-2)11-9-15/h4-12H,3H2,1-2H3,(H2,23,24,25)(H2,26,27,28). The molecule has 0 radical (unpaired) electrons. The summed E-state index contributed by atoms with van der Waals surface area (Å²) in [5.41, 5.74) is 9.69. The topological polar surface area (TPSA) is 92.9 Å². The molecule has 0 saturated heterocycles. The van der Waals surface area contributed by atoms with E-state index in [4.69, 9.17) is 5.73 Å². The van der Waals surface area contributed by atoms with Gasteiger partial charge in [0.15, 0.2) is 0 Å². The van der Waals surface area contributed by atoms with Gasteiger partial charge in [-0.2, -0.15) is 0 Å². The highest BCUT2D eigenvalue weighted by molar-refractivity contribution is 7.98. The average molecular weight is 436 g/mol. The molecule has 0 aliphatic carbocycles. The normalized spacial score (nSPS) is 10.9. The molecule has 2 amide bonds. The SMILES string of the molecule is CCc1sc2ncnc(N)c2c1-c1ccc(NC(=O)Nc2ccc(SC)cc2)cc1. The Morgan fingerprint density at radius 3 is 2.27 bits per heavy atom. The van der Waals surface area contributed by atoms with Gasteiger partial charge in [0.05, 0.1) is 5.39 Å². The molecule has 4 N–H and O–H groups in total. The number of urea groups is 1. The van der Waals surface area contributed by atoms with Crippen molar-refractivity contribution in [1.29, 1.82) is 0 Å². The number of aromatic nitrogens is 2. The maximum absolute atomic E-state index is 12.3. The van der Waals surface area contributed by atoms with E-state index in [1.54, 1.807) is 23.1 Å². The van der Waals surface area contributed by atoms with Crippen molar-refractivity contribution in [1.82, 2.24) is 9.97 Å². The first-order valence-electron chi connectivity index (χ1n) is 9.43. The molecule has 0 atom stereocenters. The molecular weight excluding hydrogens is 414 g/mol. The Labute approximate surface area is 182 Å². The molecule has 152 valence electrons. The van der Waals surface area contributed by atoms with Crippen molar-refractivity contribution in [2.45, 2.75) is 18.2 Å². The lowest BCUT2D eigenvalue weighted by Crippen LogP contribution is -2.19. The zero-order chi connectivity index (χ0) is 21.1. The summed E-state index contributed by atoms with van der Waals surface area (Å²) in [5, 5.41) is 6.60. The van der Waals surface area contributed by atoms with Crippen LogP contribution in [0.15, 0.2) is 59.8 Å². The molecule has 2 heterocycles. The van der Waals surface area contributed by atoms with E-state index in [2.05, 4.69) is 27.5 Å². The molecular formula is C22H21N5OS2. The first kappa shape index (κ1) is 20.2. The van der Waals surface area contributed by atoms with Crippen molar-refractivity contribution in [3.63, 3.8) is 0 Å². The van der Waals surface area contributed by atoms with Gasteiger partial charge < -0.3 is 16.4 Å². The van der Waals surface area contributed by atoms with Gasteiger partial charge in [-0.3, -0.25) is 0 Å². The van der Waals surface area contributed by atoms with Gasteiger partial charge in [0.1, 0.15) is 17.0 Å². The summed E-state index contributed by atoms with van der Waals surface area (Å²) in [5.74, 6) is 0.486. The summed E-state index contributed by atoms with van der Waals surface area (Å²) in [6.45, 7) is 2.11. The number of nitrogens with zero attached hydrogens (tertiary/aromatic N) is 2. The van der Waals surface area contributed by atoms with Crippen LogP contribution in [0.4, 0.5) is 22.0 Å². The molecule has 0 aliphatic rings. The van der Waals surface area contributed by atoms with Gasteiger partial charge >= 0.3 is 6.03 Å². The first-order chi connectivity index (χ1) is 14.6. The number of anilines is 3. The van der Waals surface area contributed by atoms with Crippen LogP contribution in [0.2, 0.25) is 0 Å². The van der Waals surface area contributed by atoms with Crippen molar-refractivity contribution in [3.05, 3.63) is 59.7 Å². The van der Waals surface area contributed by atoms with Crippen LogP contribution in [-0.2, 0) is 6.42 Å². The Bertz CT molecular complexity index is 1190. The number of hydrogen-bond acceptors (Lipinski definition) is 6. The minimum atomic E-state index is -0.285. The summed E-state index contributed by atoms with van der Waals surface area (Å²) in [6.07, 6.45) is 4.40. The van der Waals surface area contributed by atoms with Gasteiger partial charge in [0, 0.05) is 26.7 Å². The molecule has 2 aromatic heterocycles. The lowest BCUT2D eigenvalue weighted by Gasteiger charge is -2.10. The highest BCUT2D eigenvalue weighted by Gasteiger charge is 2.17. The third-order valence-corrected chi connectivity index (χ3v) is 6.68. The zero-order valence-electron chi connectivity index (χ0n) is 16.6. The molecule has 0 bridgehead atoms. The number of amides is 2. The van der Waals surface area contributed by atoms with Crippen LogP contribution in [0.25, 0.3) is 21.3 Å². The van der Waals surface area contributed by atoms with Gasteiger partial charge in [0.2, 0.25) is 0 Å². The van der Waals surface area contributed by atoms with Crippen molar-refractivity contribution in [3.8, 4) is 11.1 Å². The Kier molecular flexibility index (Phi) is 5.87.